The first-order chi connectivity index (χ1) is 7.72. The van der Waals surface area contributed by atoms with Crippen LogP contribution in [-0.2, 0) is 0 Å². The van der Waals surface area contributed by atoms with Gasteiger partial charge >= 0.3 is 0 Å². The van der Waals surface area contributed by atoms with E-state index in [-0.39, 0.29) is 5.96 Å². The van der Waals surface area contributed by atoms with Crippen molar-refractivity contribution in [2.24, 2.45) is 10.7 Å². The Bertz CT molecular complexity index is 394. The van der Waals surface area contributed by atoms with Crippen molar-refractivity contribution in [3.8, 4) is 0 Å². The van der Waals surface area contributed by atoms with Crippen LogP contribution in [0.1, 0.15) is 5.56 Å². The van der Waals surface area contributed by atoms with Crippen molar-refractivity contribution < 1.29 is 0 Å². The minimum atomic E-state index is -0.152. The first-order valence-electron chi connectivity index (χ1n) is 4.80. The highest BCUT2D eigenvalue weighted by Crippen LogP contribution is 2.00. The van der Waals surface area contributed by atoms with Gasteiger partial charge in [-0.1, -0.05) is 30.3 Å². The molecule has 0 atom stereocenters. The SMILES string of the molecule is CNC(=NC=Cc1ccccc1)NC(=N)N. The molecule has 0 saturated carbocycles. The lowest BCUT2D eigenvalue weighted by Crippen LogP contribution is -2.42. The van der Waals surface area contributed by atoms with Crippen LogP contribution in [0.5, 0.6) is 0 Å². The molecule has 0 saturated heterocycles. The summed E-state index contributed by atoms with van der Waals surface area (Å²) in [6.07, 6.45) is 3.50. The van der Waals surface area contributed by atoms with Crippen molar-refractivity contribution in [1.29, 1.82) is 5.41 Å². The lowest BCUT2D eigenvalue weighted by Gasteiger charge is -2.04. The molecule has 0 unspecified atom stereocenters. The van der Waals surface area contributed by atoms with Crippen LogP contribution in [-0.4, -0.2) is 19.0 Å². The highest BCUT2D eigenvalue weighted by molar-refractivity contribution is 5.96. The second kappa shape index (κ2) is 6.23. The van der Waals surface area contributed by atoms with E-state index in [9.17, 15) is 0 Å². The van der Waals surface area contributed by atoms with Gasteiger partial charge in [-0.05, 0) is 11.6 Å². The van der Waals surface area contributed by atoms with E-state index in [2.05, 4.69) is 15.6 Å². The van der Waals surface area contributed by atoms with Crippen LogP contribution in [0, 0.1) is 5.41 Å². The highest BCUT2D eigenvalue weighted by atomic mass is 15.2. The molecule has 0 aliphatic carbocycles. The molecule has 5 N–H and O–H groups in total. The van der Waals surface area contributed by atoms with Crippen LogP contribution in [0.15, 0.2) is 41.5 Å². The van der Waals surface area contributed by atoms with Crippen LogP contribution in [0.2, 0.25) is 0 Å². The number of nitrogens with zero attached hydrogens (tertiary/aromatic N) is 1. The van der Waals surface area contributed by atoms with Gasteiger partial charge in [-0.2, -0.15) is 0 Å². The summed E-state index contributed by atoms with van der Waals surface area (Å²) in [5.41, 5.74) is 6.24. The van der Waals surface area contributed by atoms with Gasteiger partial charge < -0.3 is 11.1 Å². The Morgan fingerprint density at radius 1 is 1.38 bits per heavy atom. The molecule has 0 amide bonds. The Morgan fingerprint density at radius 2 is 2.06 bits per heavy atom. The number of hydrogen-bond donors (Lipinski definition) is 4. The zero-order chi connectivity index (χ0) is 11.8. The van der Waals surface area contributed by atoms with Gasteiger partial charge in [0.15, 0.2) is 5.96 Å². The molecule has 0 aromatic heterocycles. The first kappa shape index (κ1) is 11.8. The van der Waals surface area contributed by atoms with Gasteiger partial charge in [0.05, 0.1) is 0 Å². The summed E-state index contributed by atoms with van der Waals surface area (Å²) in [7, 11) is 1.70. The van der Waals surface area contributed by atoms with Gasteiger partial charge in [0.2, 0.25) is 5.96 Å². The predicted molar refractivity (Wildman–Crippen MR) is 67.0 cm³/mol. The van der Waals surface area contributed by atoms with Crippen molar-refractivity contribution in [1.82, 2.24) is 10.6 Å². The summed E-state index contributed by atoms with van der Waals surface area (Å²) in [4.78, 5) is 4.07. The van der Waals surface area contributed by atoms with Crippen molar-refractivity contribution in [2.45, 2.75) is 0 Å². The van der Waals surface area contributed by atoms with E-state index in [1.807, 2.05) is 36.4 Å². The molecule has 0 radical (unpaired) electrons. The van der Waals surface area contributed by atoms with Crippen molar-refractivity contribution in [2.75, 3.05) is 7.05 Å². The average molecular weight is 217 g/mol. The number of hydrogen-bond acceptors (Lipinski definition) is 2. The minimum Gasteiger partial charge on any atom is -0.370 e. The number of rotatable bonds is 2. The van der Waals surface area contributed by atoms with Crippen LogP contribution in [0.3, 0.4) is 0 Å². The van der Waals surface area contributed by atoms with Gasteiger partial charge in [0.1, 0.15) is 0 Å². The van der Waals surface area contributed by atoms with Gasteiger partial charge in [-0.3, -0.25) is 10.7 Å². The number of nitrogens with one attached hydrogen (secondary N) is 3. The van der Waals surface area contributed by atoms with E-state index >= 15 is 0 Å². The summed E-state index contributed by atoms with van der Waals surface area (Å²) in [5.74, 6) is 0.279. The van der Waals surface area contributed by atoms with Gasteiger partial charge in [0, 0.05) is 13.2 Å². The summed E-state index contributed by atoms with van der Waals surface area (Å²) in [6.45, 7) is 0. The zero-order valence-corrected chi connectivity index (χ0v) is 9.07. The van der Waals surface area contributed by atoms with Crippen molar-refractivity contribution >= 4 is 18.0 Å². The molecule has 0 fully saturated rings. The molecule has 5 nitrogen and oxygen atoms in total. The van der Waals surface area contributed by atoms with Crippen LogP contribution in [0.25, 0.3) is 6.08 Å². The van der Waals surface area contributed by atoms with Gasteiger partial charge in [-0.15, -0.1) is 0 Å². The van der Waals surface area contributed by atoms with Crippen LogP contribution in [0.4, 0.5) is 0 Å². The summed E-state index contributed by atoms with van der Waals surface area (Å²) in [5, 5.41) is 12.4. The number of guanidine groups is 2. The van der Waals surface area contributed by atoms with E-state index in [1.165, 1.54) is 0 Å². The second-order valence-corrected chi connectivity index (χ2v) is 2.99. The number of benzene rings is 1. The zero-order valence-electron chi connectivity index (χ0n) is 9.07. The number of aliphatic imine (C=N–C) groups is 1. The summed E-state index contributed by atoms with van der Waals surface area (Å²) >= 11 is 0. The van der Waals surface area contributed by atoms with E-state index < -0.39 is 0 Å². The van der Waals surface area contributed by atoms with E-state index in [4.69, 9.17) is 11.1 Å². The average Bonchev–Trinajstić information content (AvgIpc) is 2.28. The monoisotopic (exact) mass is 217 g/mol. The molecule has 1 aromatic carbocycles. The van der Waals surface area contributed by atoms with Crippen LogP contribution >= 0.6 is 0 Å². The van der Waals surface area contributed by atoms with Crippen molar-refractivity contribution in [3.05, 3.63) is 42.1 Å². The molecule has 1 rings (SSSR count). The Labute approximate surface area is 94.6 Å². The van der Waals surface area contributed by atoms with E-state index in [0.29, 0.717) is 5.96 Å². The van der Waals surface area contributed by atoms with Gasteiger partial charge in [-0.25, -0.2) is 4.99 Å². The molecule has 0 aliphatic heterocycles. The largest absolute Gasteiger partial charge is 0.370 e. The highest BCUT2D eigenvalue weighted by Gasteiger charge is 1.92. The first-order valence-corrected chi connectivity index (χ1v) is 4.80. The second-order valence-electron chi connectivity index (χ2n) is 2.99. The van der Waals surface area contributed by atoms with Crippen molar-refractivity contribution in [3.63, 3.8) is 0 Å². The Morgan fingerprint density at radius 3 is 2.62 bits per heavy atom. The number of nitrogens with two attached hydrogens (primary N) is 1. The summed E-state index contributed by atoms with van der Waals surface area (Å²) in [6, 6.07) is 9.82. The molecular formula is C11H15N5. The van der Waals surface area contributed by atoms with Gasteiger partial charge in [0.25, 0.3) is 0 Å². The summed E-state index contributed by atoms with van der Waals surface area (Å²) < 4.78 is 0. The Balaban J connectivity index is 2.63. The minimum absolute atomic E-state index is 0.152. The third-order valence-electron chi connectivity index (χ3n) is 1.76. The fourth-order valence-electron chi connectivity index (χ4n) is 1.05. The molecule has 5 heteroatoms. The quantitative estimate of drug-likeness (QED) is 0.435. The fourth-order valence-corrected chi connectivity index (χ4v) is 1.05. The lowest BCUT2D eigenvalue weighted by molar-refractivity contribution is 1.07. The third kappa shape index (κ3) is 4.28. The normalized spacial score (nSPS) is 11.4. The Kier molecular flexibility index (Phi) is 4.59. The third-order valence-corrected chi connectivity index (χ3v) is 1.76. The molecule has 16 heavy (non-hydrogen) atoms. The van der Waals surface area contributed by atoms with E-state index in [0.717, 1.165) is 5.56 Å². The predicted octanol–water partition coefficient (Wildman–Crippen LogP) is 0.716. The topological polar surface area (TPSA) is 86.3 Å². The molecule has 1 aromatic rings. The Hall–Kier alpha value is -2.30. The standard InChI is InChI=1S/C11H15N5/c1-14-11(16-10(12)13)15-8-7-9-5-3-2-4-6-9/h2-8H,1H3,(H5,12,13,14,15,16). The van der Waals surface area contributed by atoms with E-state index in [1.54, 1.807) is 13.2 Å². The maximum atomic E-state index is 7.05. The van der Waals surface area contributed by atoms with Crippen LogP contribution < -0.4 is 16.4 Å². The fraction of sp³-hybridized carbons (Fsp3) is 0.0909. The maximum absolute atomic E-state index is 7.05. The molecular weight excluding hydrogens is 202 g/mol. The lowest BCUT2D eigenvalue weighted by atomic mass is 10.2. The molecule has 84 valence electrons. The smallest absolute Gasteiger partial charge is 0.202 e. The molecule has 0 bridgehead atoms. The molecule has 0 spiro atoms. The molecule has 0 heterocycles. The molecule has 0 aliphatic rings. The maximum Gasteiger partial charge on any atom is 0.202 e.